The van der Waals surface area contributed by atoms with Crippen molar-refractivity contribution in [3.63, 3.8) is 0 Å². The minimum absolute atomic E-state index is 0.113. The Balaban J connectivity index is 1.79. The van der Waals surface area contributed by atoms with Gasteiger partial charge in [0, 0.05) is 38.2 Å². The zero-order valence-corrected chi connectivity index (χ0v) is 18.2. The number of benzene rings is 1. The van der Waals surface area contributed by atoms with Crippen LogP contribution in [0.5, 0.6) is 0 Å². The van der Waals surface area contributed by atoms with Gasteiger partial charge in [-0.15, -0.1) is 0 Å². The molecule has 0 saturated heterocycles. The van der Waals surface area contributed by atoms with E-state index in [1.807, 2.05) is 17.9 Å². The summed E-state index contributed by atoms with van der Waals surface area (Å²) in [5.74, 6) is 0.527. The minimum Gasteiger partial charge on any atom is -0.331 e. The summed E-state index contributed by atoms with van der Waals surface area (Å²) >= 11 is 0. The van der Waals surface area contributed by atoms with Crippen molar-refractivity contribution in [2.24, 2.45) is 13.0 Å². The van der Waals surface area contributed by atoms with Crippen LogP contribution in [-0.4, -0.2) is 47.2 Å². The van der Waals surface area contributed by atoms with Crippen LogP contribution in [0.15, 0.2) is 18.2 Å². The van der Waals surface area contributed by atoms with Crippen molar-refractivity contribution in [1.82, 2.24) is 14.7 Å². The summed E-state index contributed by atoms with van der Waals surface area (Å²) in [5, 5.41) is 6.93. The fourth-order valence-electron chi connectivity index (χ4n) is 4.05. The zero-order valence-electron chi connectivity index (χ0n) is 17.4. The molecule has 1 fully saturated rings. The molecule has 0 radical (unpaired) electrons. The van der Waals surface area contributed by atoms with Crippen LogP contribution in [0, 0.1) is 5.92 Å². The Morgan fingerprint density at radius 1 is 1.27 bits per heavy atom. The summed E-state index contributed by atoms with van der Waals surface area (Å²) in [5.41, 5.74) is 2.85. The molecule has 1 saturated carbocycles. The lowest BCUT2D eigenvalue weighted by molar-refractivity contribution is -0.114. The quantitative estimate of drug-likeness (QED) is 0.728. The van der Waals surface area contributed by atoms with Crippen LogP contribution in [0.1, 0.15) is 42.6 Å². The van der Waals surface area contributed by atoms with Crippen molar-refractivity contribution >= 4 is 33.3 Å². The van der Waals surface area contributed by atoms with Gasteiger partial charge in [-0.1, -0.05) is 0 Å². The van der Waals surface area contributed by atoms with E-state index >= 15 is 0 Å². The number of hydrogen-bond acceptors (Lipinski definition) is 5. The van der Waals surface area contributed by atoms with Gasteiger partial charge in [0.2, 0.25) is 15.9 Å². The first-order valence-corrected chi connectivity index (χ1v) is 11.7. The highest BCUT2D eigenvalue weighted by Crippen LogP contribution is 2.41. The molecule has 2 aliphatic rings. The third kappa shape index (κ3) is 3.91. The van der Waals surface area contributed by atoms with Gasteiger partial charge in [-0.3, -0.25) is 19.0 Å². The highest BCUT2D eigenvalue weighted by Gasteiger charge is 2.40. The van der Waals surface area contributed by atoms with Crippen LogP contribution in [0.4, 0.5) is 11.5 Å². The molecule has 1 aliphatic carbocycles. The number of anilines is 2. The zero-order chi connectivity index (χ0) is 21.8. The summed E-state index contributed by atoms with van der Waals surface area (Å²) in [7, 11) is -1.84. The van der Waals surface area contributed by atoms with Gasteiger partial charge in [-0.2, -0.15) is 5.10 Å². The number of hydrogen-bond donors (Lipinski definition) is 2. The van der Waals surface area contributed by atoms with Gasteiger partial charge in [-0.05, 0) is 43.4 Å². The molecule has 1 aromatic carbocycles. The number of aromatic nitrogens is 2. The van der Waals surface area contributed by atoms with E-state index in [1.165, 1.54) is 6.92 Å². The molecule has 30 heavy (non-hydrogen) atoms. The van der Waals surface area contributed by atoms with Gasteiger partial charge in [0.25, 0.3) is 5.91 Å². The molecule has 2 amide bonds. The molecule has 4 rings (SSSR count). The van der Waals surface area contributed by atoms with E-state index in [0.717, 1.165) is 24.7 Å². The lowest BCUT2D eigenvalue weighted by Gasteiger charge is -2.24. The van der Waals surface area contributed by atoms with Gasteiger partial charge >= 0.3 is 0 Å². The number of aryl methyl sites for hydroxylation is 1. The molecule has 2 heterocycles. The molecule has 1 atom stereocenters. The Labute approximate surface area is 175 Å². The van der Waals surface area contributed by atoms with Crippen LogP contribution in [0.3, 0.4) is 0 Å². The summed E-state index contributed by atoms with van der Waals surface area (Å²) in [4.78, 5) is 26.3. The van der Waals surface area contributed by atoms with E-state index in [4.69, 9.17) is 0 Å². The van der Waals surface area contributed by atoms with E-state index in [1.54, 1.807) is 23.9 Å². The Hall–Kier alpha value is -2.88. The van der Waals surface area contributed by atoms with E-state index in [0.29, 0.717) is 35.1 Å². The average molecular weight is 432 g/mol. The number of carbonyl (C=O) groups is 2. The first-order valence-electron chi connectivity index (χ1n) is 9.81. The smallest absolute Gasteiger partial charge is 0.256 e. The van der Waals surface area contributed by atoms with Crippen LogP contribution in [0.25, 0.3) is 11.3 Å². The van der Waals surface area contributed by atoms with E-state index in [9.17, 15) is 18.0 Å². The SMILES string of the molecule is CC(=O)Nc1cc(-c2cc3c(c(NS(C)(=O)=O)c2)C(=O)N([C@@H](C)C2CC2)C3)n(C)n1. The van der Waals surface area contributed by atoms with Crippen LogP contribution in [-0.2, 0) is 28.4 Å². The Bertz CT molecular complexity index is 1150. The fourth-order valence-corrected chi connectivity index (χ4v) is 4.61. The standard InChI is InChI=1S/C20H25N5O4S/c1-11(13-5-6-13)25-10-15-7-14(17-9-18(21-12(2)26)22-24(17)3)8-16(19(15)20(25)27)23-30(4,28)29/h7-9,11,13,23H,5-6,10H2,1-4H3,(H,21,22,26)/t11-/m0/s1. The van der Waals surface area contributed by atoms with Crippen molar-refractivity contribution in [3.05, 3.63) is 29.3 Å². The van der Waals surface area contributed by atoms with Gasteiger partial charge in [0.1, 0.15) is 0 Å². The largest absolute Gasteiger partial charge is 0.331 e. The molecule has 2 N–H and O–H groups in total. The third-order valence-corrected chi connectivity index (χ3v) is 6.20. The molecule has 0 unspecified atom stereocenters. The van der Waals surface area contributed by atoms with Gasteiger partial charge in [0.15, 0.2) is 5.82 Å². The monoisotopic (exact) mass is 431 g/mol. The molecule has 9 nitrogen and oxygen atoms in total. The van der Waals surface area contributed by atoms with Gasteiger partial charge in [0.05, 0.1) is 23.2 Å². The van der Waals surface area contributed by atoms with Crippen LogP contribution in [0.2, 0.25) is 0 Å². The maximum atomic E-state index is 13.1. The van der Waals surface area contributed by atoms with Crippen molar-refractivity contribution in [2.75, 3.05) is 16.3 Å². The van der Waals surface area contributed by atoms with Crippen LogP contribution < -0.4 is 10.0 Å². The van der Waals surface area contributed by atoms with Crippen molar-refractivity contribution in [2.45, 2.75) is 39.3 Å². The lowest BCUT2D eigenvalue weighted by Crippen LogP contribution is -2.34. The summed E-state index contributed by atoms with van der Waals surface area (Å²) in [6.07, 6.45) is 3.29. The number of fused-ring (bicyclic) bond motifs is 1. The van der Waals surface area contributed by atoms with E-state index in [-0.39, 0.29) is 23.5 Å². The molecule has 10 heteroatoms. The number of amides is 2. The second-order valence-electron chi connectivity index (χ2n) is 8.16. The first kappa shape index (κ1) is 20.4. The maximum Gasteiger partial charge on any atom is 0.256 e. The van der Waals surface area contributed by atoms with Crippen LogP contribution >= 0.6 is 0 Å². The molecule has 1 aliphatic heterocycles. The number of nitrogens with one attached hydrogen (secondary N) is 2. The normalized spacial score (nSPS) is 17.1. The predicted octanol–water partition coefficient (Wildman–Crippen LogP) is 2.17. The summed E-state index contributed by atoms with van der Waals surface area (Å²) in [6, 6.07) is 5.38. The van der Waals surface area contributed by atoms with E-state index in [2.05, 4.69) is 15.1 Å². The van der Waals surface area contributed by atoms with E-state index < -0.39 is 10.0 Å². The molecule has 1 aromatic heterocycles. The topological polar surface area (TPSA) is 113 Å². The van der Waals surface area contributed by atoms with Crippen molar-refractivity contribution < 1.29 is 18.0 Å². The number of carbonyl (C=O) groups excluding carboxylic acids is 2. The Morgan fingerprint density at radius 3 is 2.57 bits per heavy atom. The second kappa shape index (κ2) is 7.12. The fraction of sp³-hybridized carbons (Fsp3) is 0.450. The summed E-state index contributed by atoms with van der Waals surface area (Å²) < 4.78 is 28.1. The lowest BCUT2D eigenvalue weighted by atomic mass is 10.0. The minimum atomic E-state index is -3.58. The molecular formula is C20H25N5O4S. The number of rotatable bonds is 6. The Kier molecular flexibility index (Phi) is 4.84. The molecular weight excluding hydrogens is 406 g/mol. The second-order valence-corrected chi connectivity index (χ2v) is 9.91. The van der Waals surface area contributed by atoms with Crippen molar-refractivity contribution in [1.29, 1.82) is 0 Å². The third-order valence-electron chi connectivity index (χ3n) is 5.61. The number of sulfonamides is 1. The summed E-state index contributed by atoms with van der Waals surface area (Å²) in [6.45, 7) is 3.89. The highest BCUT2D eigenvalue weighted by atomic mass is 32.2. The molecule has 0 spiro atoms. The average Bonchev–Trinajstić information content (AvgIpc) is 3.33. The molecule has 0 bridgehead atoms. The number of nitrogens with zero attached hydrogens (tertiary/aromatic N) is 3. The van der Waals surface area contributed by atoms with Crippen molar-refractivity contribution in [3.8, 4) is 11.3 Å². The first-order chi connectivity index (χ1) is 14.0. The predicted molar refractivity (Wildman–Crippen MR) is 113 cm³/mol. The molecule has 2 aromatic rings. The maximum absolute atomic E-state index is 13.1. The highest BCUT2D eigenvalue weighted by molar-refractivity contribution is 7.92. The molecule has 160 valence electrons. The Morgan fingerprint density at radius 2 is 1.97 bits per heavy atom. The van der Waals surface area contributed by atoms with Gasteiger partial charge < -0.3 is 10.2 Å². The van der Waals surface area contributed by atoms with Gasteiger partial charge in [-0.25, -0.2) is 8.42 Å².